The van der Waals surface area contributed by atoms with Crippen molar-refractivity contribution in [3.63, 3.8) is 0 Å². The SMILES string of the molecule is COc1ccc(C(C)NC(=O)c2cccc(C)n2)c(OC)c1. The van der Waals surface area contributed by atoms with Crippen LogP contribution in [0.15, 0.2) is 36.4 Å². The summed E-state index contributed by atoms with van der Waals surface area (Å²) in [7, 11) is 3.19. The maximum atomic E-state index is 12.3. The number of ether oxygens (including phenoxy) is 2. The third kappa shape index (κ3) is 3.55. The fourth-order valence-electron chi connectivity index (χ4n) is 2.19. The van der Waals surface area contributed by atoms with E-state index in [9.17, 15) is 4.79 Å². The van der Waals surface area contributed by atoms with Gasteiger partial charge in [0.1, 0.15) is 17.2 Å². The average molecular weight is 300 g/mol. The Morgan fingerprint density at radius 2 is 1.95 bits per heavy atom. The summed E-state index contributed by atoms with van der Waals surface area (Å²) >= 11 is 0. The van der Waals surface area contributed by atoms with E-state index >= 15 is 0 Å². The quantitative estimate of drug-likeness (QED) is 0.922. The average Bonchev–Trinajstić information content (AvgIpc) is 2.54. The molecule has 0 aliphatic carbocycles. The third-order valence-electron chi connectivity index (χ3n) is 3.38. The molecular weight excluding hydrogens is 280 g/mol. The minimum atomic E-state index is -0.214. The van der Waals surface area contributed by atoms with Gasteiger partial charge >= 0.3 is 0 Å². The second-order valence-electron chi connectivity index (χ2n) is 4.97. The Morgan fingerprint density at radius 1 is 1.18 bits per heavy atom. The highest BCUT2D eigenvalue weighted by Gasteiger charge is 2.16. The fraction of sp³-hybridized carbons (Fsp3) is 0.294. The summed E-state index contributed by atoms with van der Waals surface area (Å²) in [6, 6.07) is 10.7. The molecule has 0 spiro atoms. The fourth-order valence-corrected chi connectivity index (χ4v) is 2.19. The van der Waals surface area contributed by atoms with Gasteiger partial charge in [-0.05, 0) is 38.1 Å². The van der Waals surface area contributed by atoms with Crippen LogP contribution in [0.4, 0.5) is 0 Å². The van der Waals surface area contributed by atoms with Gasteiger partial charge in [0.25, 0.3) is 5.91 Å². The summed E-state index contributed by atoms with van der Waals surface area (Å²) in [5, 5.41) is 2.93. The number of aromatic nitrogens is 1. The first-order chi connectivity index (χ1) is 10.5. The lowest BCUT2D eigenvalue weighted by Gasteiger charge is -2.18. The molecule has 0 aliphatic rings. The van der Waals surface area contributed by atoms with Gasteiger partial charge in [-0.25, -0.2) is 4.98 Å². The first kappa shape index (κ1) is 15.8. The van der Waals surface area contributed by atoms with Crippen molar-refractivity contribution < 1.29 is 14.3 Å². The molecule has 2 aromatic rings. The van der Waals surface area contributed by atoms with Gasteiger partial charge < -0.3 is 14.8 Å². The molecular formula is C17H20N2O3. The van der Waals surface area contributed by atoms with Crippen molar-refractivity contribution in [2.75, 3.05) is 14.2 Å². The van der Waals surface area contributed by atoms with Crippen molar-refractivity contribution in [3.8, 4) is 11.5 Å². The molecule has 1 atom stereocenters. The minimum absolute atomic E-state index is 0.212. The van der Waals surface area contributed by atoms with Crippen LogP contribution in [0.5, 0.6) is 11.5 Å². The Bertz CT molecular complexity index is 671. The molecule has 5 nitrogen and oxygen atoms in total. The number of benzene rings is 1. The smallest absolute Gasteiger partial charge is 0.270 e. The second kappa shape index (κ2) is 6.93. The van der Waals surface area contributed by atoms with E-state index in [1.54, 1.807) is 26.4 Å². The van der Waals surface area contributed by atoms with Crippen LogP contribution in [0.25, 0.3) is 0 Å². The number of methoxy groups -OCH3 is 2. The third-order valence-corrected chi connectivity index (χ3v) is 3.38. The van der Waals surface area contributed by atoms with Gasteiger partial charge in [-0.1, -0.05) is 6.07 Å². The van der Waals surface area contributed by atoms with Gasteiger partial charge in [-0.15, -0.1) is 0 Å². The summed E-state index contributed by atoms with van der Waals surface area (Å²) in [6.45, 7) is 3.75. The van der Waals surface area contributed by atoms with Crippen molar-refractivity contribution in [3.05, 3.63) is 53.3 Å². The molecule has 1 unspecified atom stereocenters. The van der Waals surface area contributed by atoms with Crippen LogP contribution >= 0.6 is 0 Å². The van der Waals surface area contributed by atoms with Gasteiger partial charge in [0, 0.05) is 17.3 Å². The molecule has 0 saturated heterocycles. The highest BCUT2D eigenvalue weighted by molar-refractivity contribution is 5.92. The van der Waals surface area contributed by atoms with Gasteiger partial charge in [0.05, 0.1) is 20.3 Å². The van der Waals surface area contributed by atoms with Crippen LogP contribution in [0, 0.1) is 6.92 Å². The van der Waals surface area contributed by atoms with Crippen LogP contribution in [-0.2, 0) is 0 Å². The zero-order valence-electron chi connectivity index (χ0n) is 13.2. The molecule has 0 saturated carbocycles. The Hall–Kier alpha value is -2.56. The lowest BCUT2D eigenvalue weighted by atomic mass is 10.1. The van der Waals surface area contributed by atoms with Crippen LogP contribution < -0.4 is 14.8 Å². The predicted molar refractivity (Wildman–Crippen MR) is 84.4 cm³/mol. The minimum Gasteiger partial charge on any atom is -0.497 e. The maximum Gasteiger partial charge on any atom is 0.270 e. The zero-order chi connectivity index (χ0) is 16.1. The van der Waals surface area contributed by atoms with Gasteiger partial charge in [0.2, 0.25) is 0 Å². The Kier molecular flexibility index (Phi) is 4.99. The van der Waals surface area contributed by atoms with E-state index < -0.39 is 0 Å². The summed E-state index contributed by atoms with van der Waals surface area (Å²) in [5.74, 6) is 1.16. The number of hydrogen-bond donors (Lipinski definition) is 1. The molecule has 0 aliphatic heterocycles. The van der Waals surface area contributed by atoms with E-state index in [1.165, 1.54) is 0 Å². The predicted octanol–water partition coefficient (Wildman–Crippen LogP) is 2.90. The number of nitrogens with one attached hydrogen (secondary N) is 1. The summed E-state index contributed by atoms with van der Waals surface area (Å²) < 4.78 is 10.5. The lowest BCUT2D eigenvalue weighted by Crippen LogP contribution is -2.27. The van der Waals surface area contributed by atoms with E-state index in [-0.39, 0.29) is 11.9 Å². The number of aryl methyl sites for hydroxylation is 1. The first-order valence-electron chi connectivity index (χ1n) is 7.01. The lowest BCUT2D eigenvalue weighted by molar-refractivity contribution is 0.0934. The van der Waals surface area contributed by atoms with Gasteiger partial charge in [0.15, 0.2) is 0 Å². The molecule has 0 radical (unpaired) electrons. The molecule has 1 aromatic heterocycles. The van der Waals surface area contributed by atoms with Crippen LogP contribution in [0.3, 0.4) is 0 Å². The van der Waals surface area contributed by atoms with E-state index in [2.05, 4.69) is 10.3 Å². The molecule has 5 heteroatoms. The van der Waals surface area contributed by atoms with Crippen molar-refractivity contribution in [2.24, 2.45) is 0 Å². The van der Waals surface area contributed by atoms with Crippen molar-refractivity contribution in [1.82, 2.24) is 10.3 Å². The standard InChI is InChI=1S/C17H20N2O3/c1-11-6-5-7-15(18-11)17(20)19-12(2)14-9-8-13(21-3)10-16(14)22-4/h5-10,12H,1-4H3,(H,19,20). The number of amides is 1. The summed E-state index contributed by atoms with van der Waals surface area (Å²) in [6.07, 6.45) is 0. The summed E-state index contributed by atoms with van der Waals surface area (Å²) in [4.78, 5) is 16.5. The second-order valence-corrected chi connectivity index (χ2v) is 4.97. The molecule has 1 N–H and O–H groups in total. The normalized spacial score (nSPS) is 11.6. The molecule has 1 heterocycles. The largest absolute Gasteiger partial charge is 0.497 e. The Balaban J connectivity index is 2.18. The van der Waals surface area contributed by atoms with E-state index in [1.807, 2.05) is 38.1 Å². The first-order valence-corrected chi connectivity index (χ1v) is 7.01. The van der Waals surface area contributed by atoms with E-state index in [0.717, 1.165) is 11.3 Å². The Labute approximate surface area is 130 Å². The van der Waals surface area contributed by atoms with Crippen LogP contribution in [0.2, 0.25) is 0 Å². The van der Waals surface area contributed by atoms with Crippen molar-refractivity contribution >= 4 is 5.91 Å². The molecule has 1 aromatic carbocycles. The number of carbonyl (C=O) groups is 1. The van der Waals surface area contributed by atoms with Crippen LogP contribution in [0.1, 0.15) is 34.7 Å². The molecule has 2 rings (SSSR count). The van der Waals surface area contributed by atoms with Crippen molar-refractivity contribution in [1.29, 1.82) is 0 Å². The molecule has 0 bridgehead atoms. The highest BCUT2D eigenvalue weighted by atomic mass is 16.5. The van der Waals surface area contributed by atoms with Gasteiger partial charge in [-0.2, -0.15) is 0 Å². The topological polar surface area (TPSA) is 60.5 Å². The molecule has 116 valence electrons. The van der Waals surface area contributed by atoms with E-state index in [4.69, 9.17) is 9.47 Å². The van der Waals surface area contributed by atoms with Crippen LogP contribution in [-0.4, -0.2) is 25.1 Å². The molecule has 1 amide bonds. The summed E-state index contributed by atoms with van der Waals surface area (Å²) in [5.41, 5.74) is 2.09. The monoisotopic (exact) mass is 300 g/mol. The number of carbonyl (C=O) groups excluding carboxylic acids is 1. The van der Waals surface area contributed by atoms with Crippen molar-refractivity contribution in [2.45, 2.75) is 19.9 Å². The van der Waals surface area contributed by atoms with E-state index in [0.29, 0.717) is 17.2 Å². The number of pyridine rings is 1. The number of rotatable bonds is 5. The van der Waals surface area contributed by atoms with Gasteiger partial charge in [-0.3, -0.25) is 4.79 Å². The zero-order valence-corrected chi connectivity index (χ0v) is 13.2. The number of hydrogen-bond acceptors (Lipinski definition) is 4. The molecule has 22 heavy (non-hydrogen) atoms. The number of nitrogens with zero attached hydrogens (tertiary/aromatic N) is 1. The molecule has 0 fully saturated rings. The highest BCUT2D eigenvalue weighted by Crippen LogP contribution is 2.29. The Morgan fingerprint density at radius 3 is 2.59 bits per heavy atom. The maximum absolute atomic E-state index is 12.3.